The monoisotopic (exact) mass is 689 g/mol. The van der Waals surface area contributed by atoms with Crippen molar-refractivity contribution in [2.75, 3.05) is 17.2 Å². The van der Waals surface area contributed by atoms with Gasteiger partial charge in [0.2, 0.25) is 5.91 Å². The number of ether oxygens (including phenoxy) is 1. The second-order valence-electron chi connectivity index (χ2n) is 11.0. The Balaban J connectivity index is 1.29. The van der Waals surface area contributed by atoms with E-state index in [-0.39, 0.29) is 18.2 Å². The van der Waals surface area contributed by atoms with E-state index in [1.165, 1.54) is 23.1 Å². The summed E-state index contributed by atoms with van der Waals surface area (Å²) in [5.41, 5.74) is 4.70. The van der Waals surface area contributed by atoms with Gasteiger partial charge in [0.25, 0.3) is 11.8 Å². The minimum absolute atomic E-state index is 0.0733. The molecule has 1 atom stereocenters. The van der Waals surface area contributed by atoms with Gasteiger partial charge in [-0.05, 0) is 68.3 Å². The number of hydrogen-bond acceptors (Lipinski definition) is 7. The van der Waals surface area contributed by atoms with Crippen molar-refractivity contribution in [2.45, 2.75) is 30.9 Å². The molecule has 5 aromatic rings. The molecule has 0 aliphatic carbocycles. The van der Waals surface area contributed by atoms with Crippen molar-refractivity contribution in [1.29, 1.82) is 0 Å². The minimum Gasteiger partial charge on any atom is -0.462 e. The molecule has 1 unspecified atom stereocenters. The summed E-state index contributed by atoms with van der Waals surface area (Å²) < 4.78 is 5.34. The van der Waals surface area contributed by atoms with E-state index < -0.39 is 23.0 Å². The van der Waals surface area contributed by atoms with Crippen LogP contribution in [0.4, 0.5) is 10.7 Å². The van der Waals surface area contributed by atoms with Crippen molar-refractivity contribution in [3.8, 4) is 11.1 Å². The molecular formula is C39H35N3O5S2. The maximum absolute atomic E-state index is 13.5. The first-order valence-electron chi connectivity index (χ1n) is 15.6. The van der Waals surface area contributed by atoms with Crippen LogP contribution in [0.3, 0.4) is 0 Å². The average Bonchev–Trinajstić information content (AvgIpc) is 3.52. The third-order valence-corrected chi connectivity index (χ3v) is 9.27. The summed E-state index contributed by atoms with van der Waals surface area (Å²) in [5.74, 6) is -1.71. The van der Waals surface area contributed by atoms with Gasteiger partial charge in [-0.15, -0.1) is 23.1 Å². The van der Waals surface area contributed by atoms with Gasteiger partial charge in [-0.2, -0.15) is 0 Å². The molecule has 10 heteroatoms. The van der Waals surface area contributed by atoms with E-state index in [2.05, 4.69) is 16.0 Å². The van der Waals surface area contributed by atoms with E-state index >= 15 is 0 Å². The smallest absolute Gasteiger partial charge is 0.341 e. The van der Waals surface area contributed by atoms with Gasteiger partial charge in [0, 0.05) is 27.1 Å². The van der Waals surface area contributed by atoms with Crippen LogP contribution in [0.5, 0.6) is 0 Å². The lowest BCUT2D eigenvalue weighted by atomic mass is 10.0. The normalized spacial score (nSPS) is 11.7. The molecule has 4 aromatic carbocycles. The first kappa shape index (κ1) is 34.9. The Morgan fingerprint density at radius 2 is 1.55 bits per heavy atom. The second-order valence-corrected chi connectivity index (χ2v) is 13.3. The van der Waals surface area contributed by atoms with Crippen LogP contribution < -0.4 is 16.0 Å². The summed E-state index contributed by atoms with van der Waals surface area (Å²) in [6, 6.07) is 32.8. The number of thioether (sulfide) groups is 1. The van der Waals surface area contributed by atoms with Crippen molar-refractivity contribution in [3.63, 3.8) is 0 Å². The van der Waals surface area contributed by atoms with E-state index in [0.29, 0.717) is 27.4 Å². The molecule has 5 rings (SSSR count). The van der Waals surface area contributed by atoms with Crippen LogP contribution in [0.15, 0.2) is 125 Å². The number of amides is 3. The molecule has 8 nitrogen and oxygen atoms in total. The highest BCUT2D eigenvalue weighted by Gasteiger charge is 2.25. The summed E-state index contributed by atoms with van der Waals surface area (Å²) >= 11 is 2.57. The zero-order valence-corrected chi connectivity index (χ0v) is 28.8. The molecule has 0 radical (unpaired) electrons. The fraction of sp³-hybridized carbons (Fsp3) is 0.128. The molecule has 3 N–H and O–H groups in total. The first-order valence-corrected chi connectivity index (χ1v) is 17.4. The topological polar surface area (TPSA) is 114 Å². The van der Waals surface area contributed by atoms with Gasteiger partial charge in [-0.3, -0.25) is 14.4 Å². The van der Waals surface area contributed by atoms with Gasteiger partial charge >= 0.3 is 5.97 Å². The van der Waals surface area contributed by atoms with Crippen molar-refractivity contribution in [1.82, 2.24) is 5.32 Å². The lowest BCUT2D eigenvalue weighted by Crippen LogP contribution is -2.30. The van der Waals surface area contributed by atoms with Crippen LogP contribution in [-0.4, -0.2) is 35.5 Å². The predicted molar refractivity (Wildman–Crippen MR) is 198 cm³/mol. The highest BCUT2D eigenvalue weighted by atomic mass is 32.2. The van der Waals surface area contributed by atoms with Gasteiger partial charge in [-0.1, -0.05) is 84.4 Å². The Hall–Kier alpha value is -5.45. The van der Waals surface area contributed by atoms with Crippen LogP contribution >= 0.6 is 23.1 Å². The second kappa shape index (κ2) is 16.6. The molecule has 1 heterocycles. The van der Waals surface area contributed by atoms with Crippen LogP contribution in [0, 0.1) is 6.92 Å². The molecule has 0 saturated carbocycles. The van der Waals surface area contributed by atoms with Crippen LogP contribution in [0.25, 0.3) is 17.2 Å². The number of anilines is 2. The zero-order valence-electron chi connectivity index (χ0n) is 27.2. The van der Waals surface area contributed by atoms with Gasteiger partial charge in [-0.25, -0.2) is 4.79 Å². The van der Waals surface area contributed by atoms with Crippen molar-refractivity contribution in [2.24, 2.45) is 0 Å². The third kappa shape index (κ3) is 9.34. The number of esters is 1. The molecular weight excluding hydrogens is 655 g/mol. The number of aryl methyl sites for hydroxylation is 1. The number of rotatable bonds is 12. The number of nitrogens with one attached hydrogen (secondary N) is 3. The van der Waals surface area contributed by atoms with Gasteiger partial charge < -0.3 is 20.7 Å². The molecule has 3 amide bonds. The van der Waals surface area contributed by atoms with E-state index in [1.54, 1.807) is 62.4 Å². The number of benzene rings is 4. The predicted octanol–water partition coefficient (Wildman–Crippen LogP) is 8.43. The Bertz CT molecular complexity index is 1970. The van der Waals surface area contributed by atoms with Gasteiger partial charge in [0.15, 0.2) is 0 Å². The van der Waals surface area contributed by atoms with E-state index in [0.717, 1.165) is 21.6 Å². The quantitative estimate of drug-likeness (QED) is 0.0689. The molecule has 0 aliphatic rings. The molecule has 0 aliphatic heterocycles. The fourth-order valence-electron chi connectivity index (χ4n) is 4.78. The summed E-state index contributed by atoms with van der Waals surface area (Å²) in [4.78, 5) is 53.6. The van der Waals surface area contributed by atoms with Gasteiger partial charge in [0.05, 0.1) is 11.9 Å². The molecule has 0 spiro atoms. The Labute approximate surface area is 293 Å². The summed E-state index contributed by atoms with van der Waals surface area (Å²) in [6.07, 6.45) is 1.61. The van der Waals surface area contributed by atoms with Crippen LogP contribution in [0.2, 0.25) is 0 Å². The summed E-state index contributed by atoms with van der Waals surface area (Å²) in [7, 11) is 0. The average molecular weight is 690 g/mol. The standard InChI is InChI=1S/C39H35N3O5S2/c1-4-47-39(46)34-32(28-20-18-25(2)19-21-28)24-48-38(34)42-35(43)26(3)49-31-17-11-16-30(23-31)40-37(45)33(22-27-12-7-5-8-13-27)41-36(44)29-14-9-6-10-15-29/h5-24,26H,4H2,1-3H3,(H,40,45)(H,41,44)(H,42,43)/b33-22-. The molecule has 49 heavy (non-hydrogen) atoms. The van der Waals surface area contributed by atoms with Crippen molar-refractivity contribution in [3.05, 3.63) is 143 Å². The highest BCUT2D eigenvalue weighted by molar-refractivity contribution is 8.00. The van der Waals surface area contributed by atoms with E-state index in [4.69, 9.17) is 4.74 Å². The lowest BCUT2D eigenvalue weighted by Gasteiger charge is -2.14. The lowest BCUT2D eigenvalue weighted by molar-refractivity contribution is -0.115. The summed E-state index contributed by atoms with van der Waals surface area (Å²) in [5, 5.41) is 10.3. The Kier molecular flexibility index (Phi) is 11.8. The van der Waals surface area contributed by atoms with Gasteiger partial charge in [0.1, 0.15) is 16.3 Å². The molecule has 0 saturated heterocycles. The van der Waals surface area contributed by atoms with Crippen molar-refractivity contribution < 1.29 is 23.9 Å². The number of carbonyl (C=O) groups is 4. The number of thiophene rings is 1. The minimum atomic E-state index is -0.551. The first-order chi connectivity index (χ1) is 23.7. The Morgan fingerprint density at radius 1 is 0.857 bits per heavy atom. The zero-order chi connectivity index (χ0) is 34.8. The van der Waals surface area contributed by atoms with E-state index in [1.807, 2.05) is 79.0 Å². The third-order valence-electron chi connectivity index (χ3n) is 7.28. The molecule has 0 bridgehead atoms. The molecule has 1 aromatic heterocycles. The van der Waals surface area contributed by atoms with E-state index in [9.17, 15) is 19.2 Å². The molecule has 248 valence electrons. The van der Waals surface area contributed by atoms with Crippen LogP contribution in [0.1, 0.15) is 45.7 Å². The maximum Gasteiger partial charge on any atom is 0.341 e. The SMILES string of the molecule is CCOC(=O)c1c(-c2ccc(C)cc2)csc1NC(=O)C(C)Sc1cccc(NC(=O)/C(=C/c2ccccc2)NC(=O)c2ccccc2)c1. The Morgan fingerprint density at radius 3 is 2.24 bits per heavy atom. The van der Waals surface area contributed by atoms with Crippen LogP contribution in [-0.2, 0) is 14.3 Å². The number of carbonyl (C=O) groups excluding carboxylic acids is 4. The van der Waals surface area contributed by atoms with Crippen molar-refractivity contribution >= 4 is 63.6 Å². The highest BCUT2D eigenvalue weighted by Crippen LogP contribution is 2.37. The fourth-order valence-corrected chi connectivity index (χ4v) is 6.66. The number of hydrogen-bond donors (Lipinski definition) is 3. The summed E-state index contributed by atoms with van der Waals surface area (Å²) in [6.45, 7) is 5.70. The molecule has 0 fully saturated rings. The maximum atomic E-state index is 13.5. The largest absolute Gasteiger partial charge is 0.462 e.